The van der Waals surface area contributed by atoms with E-state index >= 15 is 0 Å². The van der Waals surface area contributed by atoms with E-state index in [0.717, 1.165) is 17.3 Å². The van der Waals surface area contributed by atoms with Crippen molar-refractivity contribution in [2.24, 2.45) is 0 Å². The van der Waals surface area contributed by atoms with Gasteiger partial charge in [-0.25, -0.2) is 0 Å². The van der Waals surface area contributed by atoms with Gasteiger partial charge in [0.1, 0.15) is 10.7 Å². The van der Waals surface area contributed by atoms with Crippen molar-refractivity contribution in [2.45, 2.75) is 20.8 Å². The minimum Gasteiger partial charge on any atom is -0.338 e. The third kappa shape index (κ3) is 2.46. The van der Waals surface area contributed by atoms with Gasteiger partial charge in [0.2, 0.25) is 0 Å². The zero-order valence-corrected chi connectivity index (χ0v) is 15.3. The minimum atomic E-state index is -0.0534. The molecule has 23 heavy (non-hydrogen) atoms. The lowest BCUT2D eigenvalue weighted by Gasteiger charge is -2.24. The maximum absolute atomic E-state index is 12.8. The number of carbonyl (C=O) groups excluding carboxylic acids is 1. The summed E-state index contributed by atoms with van der Waals surface area (Å²) >= 11 is 7.17. The number of carbonyl (C=O) groups is 1. The number of thiocarbonyl (C=S) groups is 1. The first-order valence-corrected chi connectivity index (χ1v) is 8.74. The molecular formula is C17H19N3OS2. The van der Waals surface area contributed by atoms with Crippen molar-refractivity contribution in [3.05, 3.63) is 51.7 Å². The fourth-order valence-corrected chi connectivity index (χ4v) is 4.24. The standard InChI is InChI=1S/C17H19N3OS2/c1-5-19-11(2)12(3)23-16(19)14-15(21)18(4)17(22)20(14)13-9-7-6-8-10-13/h6-10H,5H2,1-4H3. The van der Waals surface area contributed by atoms with E-state index in [9.17, 15) is 4.79 Å². The molecule has 1 amide bonds. The van der Waals surface area contributed by atoms with Gasteiger partial charge in [0.15, 0.2) is 5.11 Å². The molecule has 2 aliphatic rings. The Kier molecular flexibility index (Phi) is 4.21. The third-order valence-electron chi connectivity index (χ3n) is 4.15. The Labute approximate surface area is 146 Å². The number of benzene rings is 1. The molecule has 1 saturated heterocycles. The number of allylic oxidation sites excluding steroid dienone is 2. The first-order valence-electron chi connectivity index (χ1n) is 7.51. The monoisotopic (exact) mass is 345 g/mol. The van der Waals surface area contributed by atoms with Crippen molar-refractivity contribution in [3.8, 4) is 0 Å². The Bertz CT molecular complexity index is 739. The van der Waals surface area contributed by atoms with Crippen LogP contribution in [-0.2, 0) is 4.79 Å². The molecule has 0 N–H and O–H groups in total. The summed E-state index contributed by atoms with van der Waals surface area (Å²) in [6, 6.07) is 9.82. The molecule has 0 atom stereocenters. The summed E-state index contributed by atoms with van der Waals surface area (Å²) in [7, 11) is 1.73. The fourth-order valence-electron chi connectivity index (χ4n) is 2.76. The molecule has 1 aromatic rings. The van der Waals surface area contributed by atoms with Crippen LogP contribution in [0.25, 0.3) is 0 Å². The highest BCUT2D eigenvalue weighted by atomic mass is 32.2. The smallest absolute Gasteiger partial charge is 0.279 e. The van der Waals surface area contributed by atoms with E-state index in [0.29, 0.717) is 10.8 Å². The topological polar surface area (TPSA) is 26.8 Å². The van der Waals surface area contributed by atoms with Crippen LogP contribution in [0.4, 0.5) is 5.69 Å². The van der Waals surface area contributed by atoms with Gasteiger partial charge in [0.25, 0.3) is 5.91 Å². The number of nitrogens with zero attached hydrogens (tertiary/aromatic N) is 3. The lowest BCUT2D eigenvalue weighted by molar-refractivity contribution is -0.121. The third-order valence-corrected chi connectivity index (χ3v) is 5.82. The van der Waals surface area contributed by atoms with Gasteiger partial charge in [0, 0.05) is 29.9 Å². The quantitative estimate of drug-likeness (QED) is 0.601. The largest absolute Gasteiger partial charge is 0.338 e. The lowest BCUT2D eigenvalue weighted by atomic mass is 10.2. The summed E-state index contributed by atoms with van der Waals surface area (Å²) < 4.78 is 0. The number of hydrogen-bond acceptors (Lipinski definition) is 4. The molecule has 1 aromatic carbocycles. The molecule has 0 aliphatic carbocycles. The van der Waals surface area contributed by atoms with E-state index in [4.69, 9.17) is 12.2 Å². The molecule has 0 spiro atoms. The summed E-state index contributed by atoms with van der Waals surface area (Å²) in [6.07, 6.45) is 0. The Balaban J connectivity index is 2.17. The van der Waals surface area contributed by atoms with Gasteiger partial charge in [0.05, 0.1) is 0 Å². The molecule has 0 unspecified atom stereocenters. The first-order chi connectivity index (χ1) is 11.0. The zero-order valence-electron chi connectivity index (χ0n) is 13.7. The van der Waals surface area contributed by atoms with Gasteiger partial charge in [-0.2, -0.15) is 0 Å². The number of amides is 1. The SMILES string of the molecule is CCN1C(C)=C(C)SC1=C1C(=O)N(C)C(=S)N1c1ccccc1. The molecule has 2 aliphatic heterocycles. The van der Waals surface area contributed by atoms with E-state index in [2.05, 4.69) is 25.7 Å². The predicted octanol–water partition coefficient (Wildman–Crippen LogP) is 3.74. The number of rotatable bonds is 2. The highest BCUT2D eigenvalue weighted by molar-refractivity contribution is 8.07. The maximum atomic E-state index is 12.8. The van der Waals surface area contributed by atoms with Crippen LogP contribution in [0.1, 0.15) is 20.8 Å². The normalized spacial score (nSPS) is 22.0. The van der Waals surface area contributed by atoms with Crippen molar-refractivity contribution in [1.29, 1.82) is 0 Å². The number of para-hydroxylation sites is 1. The van der Waals surface area contributed by atoms with Crippen molar-refractivity contribution in [3.63, 3.8) is 0 Å². The summed E-state index contributed by atoms with van der Waals surface area (Å²) in [5.74, 6) is -0.0534. The van der Waals surface area contributed by atoms with Gasteiger partial charge >= 0.3 is 0 Å². The molecule has 2 heterocycles. The highest BCUT2D eigenvalue weighted by Gasteiger charge is 2.41. The average molecular weight is 345 g/mol. The van der Waals surface area contributed by atoms with E-state index in [-0.39, 0.29) is 5.91 Å². The Morgan fingerprint density at radius 2 is 1.83 bits per heavy atom. The molecule has 6 heteroatoms. The summed E-state index contributed by atoms with van der Waals surface area (Å²) in [5, 5.41) is 1.48. The highest BCUT2D eigenvalue weighted by Crippen LogP contribution is 2.45. The summed E-state index contributed by atoms with van der Waals surface area (Å²) in [4.78, 5) is 19.7. The first kappa shape index (κ1) is 16.1. The number of hydrogen-bond donors (Lipinski definition) is 0. The zero-order chi connectivity index (χ0) is 16.7. The molecule has 4 nitrogen and oxygen atoms in total. The van der Waals surface area contributed by atoms with Crippen LogP contribution in [-0.4, -0.2) is 34.4 Å². The van der Waals surface area contributed by atoms with Crippen LogP contribution in [0.15, 0.2) is 51.7 Å². The Morgan fingerprint density at radius 3 is 2.43 bits per heavy atom. The van der Waals surface area contributed by atoms with Crippen LogP contribution in [0.3, 0.4) is 0 Å². The summed E-state index contributed by atoms with van der Waals surface area (Å²) in [5.41, 5.74) is 2.75. The second-order valence-electron chi connectivity index (χ2n) is 5.46. The van der Waals surface area contributed by atoms with Crippen LogP contribution in [0.5, 0.6) is 0 Å². The van der Waals surface area contributed by atoms with Crippen molar-refractivity contribution in [2.75, 3.05) is 18.5 Å². The Hall–Kier alpha value is -1.79. The van der Waals surface area contributed by atoms with Gasteiger partial charge in [-0.15, -0.1) is 0 Å². The van der Waals surface area contributed by atoms with E-state index in [1.807, 2.05) is 35.2 Å². The molecule has 3 rings (SSSR count). The van der Waals surface area contributed by atoms with Crippen molar-refractivity contribution < 1.29 is 4.79 Å². The number of anilines is 1. The number of likely N-dealkylation sites (N-methyl/N-ethyl adjacent to an activating group) is 1. The average Bonchev–Trinajstić information content (AvgIpc) is 2.96. The molecule has 1 fully saturated rings. The lowest BCUT2D eigenvalue weighted by Crippen LogP contribution is -2.29. The molecule has 120 valence electrons. The van der Waals surface area contributed by atoms with Crippen LogP contribution in [0.2, 0.25) is 0 Å². The fraction of sp³-hybridized carbons (Fsp3) is 0.294. The molecule has 0 aromatic heterocycles. The Morgan fingerprint density at radius 1 is 1.17 bits per heavy atom. The number of thioether (sulfide) groups is 1. The van der Waals surface area contributed by atoms with Gasteiger partial charge in [-0.3, -0.25) is 14.6 Å². The van der Waals surface area contributed by atoms with Gasteiger partial charge in [-0.1, -0.05) is 30.0 Å². The molecular weight excluding hydrogens is 326 g/mol. The van der Waals surface area contributed by atoms with Crippen LogP contribution < -0.4 is 4.90 Å². The second kappa shape index (κ2) is 6.02. The van der Waals surface area contributed by atoms with Crippen LogP contribution in [0, 0.1) is 0 Å². The predicted molar refractivity (Wildman–Crippen MR) is 99.7 cm³/mol. The van der Waals surface area contributed by atoms with Crippen LogP contribution >= 0.6 is 24.0 Å². The van der Waals surface area contributed by atoms with E-state index < -0.39 is 0 Å². The molecule has 0 saturated carbocycles. The van der Waals surface area contributed by atoms with E-state index in [1.165, 1.54) is 10.6 Å². The molecule has 0 bridgehead atoms. The second-order valence-corrected chi connectivity index (χ2v) is 7.03. The minimum absolute atomic E-state index is 0.0534. The van der Waals surface area contributed by atoms with Crippen molar-refractivity contribution >= 4 is 40.7 Å². The van der Waals surface area contributed by atoms with Crippen molar-refractivity contribution in [1.82, 2.24) is 9.80 Å². The van der Waals surface area contributed by atoms with Gasteiger partial charge in [-0.05, 0) is 45.1 Å². The van der Waals surface area contributed by atoms with E-state index in [1.54, 1.807) is 23.7 Å². The maximum Gasteiger partial charge on any atom is 0.279 e. The molecule has 0 radical (unpaired) electrons. The van der Waals surface area contributed by atoms with Gasteiger partial charge < -0.3 is 4.90 Å². The summed E-state index contributed by atoms with van der Waals surface area (Å²) in [6.45, 7) is 7.09.